The fraction of sp³-hybridized carbons (Fsp3) is 0.375. The van der Waals surface area contributed by atoms with Gasteiger partial charge in [-0.3, -0.25) is 10.1 Å². The Bertz CT molecular complexity index is 924. The first-order chi connectivity index (χ1) is 12.4. The first kappa shape index (κ1) is 17.7. The van der Waals surface area contributed by atoms with Crippen LogP contribution in [0.4, 0.5) is 5.95 Å². The summed E-state index contributed by atoms with van der Waals surface area (Å²) < 4.78 is 5.73. The minimum atomic E-state index is -0.515. The topological polar surface area (TPSA) is 122 Å². The average Bonchev–Trinajstić information content (AvgIpc) is 3.08. The van der Waals surface area contributed by atoms with Crippen molar-refractivity contribution < 1.29 is 9.53 Å². The van der Waals surface area contributed by atoms with Gasteiger partial charge in [-0.2, -0.15) is 5.21 Å². The van der Waals surface area contributed by atoms with E-state index in [9.17, 15) is 4.79 Å². The number of carbonyl (C=O) groups excluding carboxylic acids is 1. The zero-order valence-electron chi connectivity index (χ0n) is 15.1. The van der Waals surface area contributed by atoms with Gasteiger partial charge in [-0.05, 0) is 56.4 Å². The summed E-state index contributed by atoms with van der Waals surface area (Å²) in [5.74, 6) is -0.293. The lowest BCUT2D eigenvalue weighted by atomic mass is 10.1. The monoisotopic (exact) mass is 356 g/mol. The Morgan fingerprint density at radius 1 is 1.19 bits per heavy atom. The summed E-state index contributed by atoms with van der Waals surface area (Å²) in [6.45, 7) is 5.04. The van der Waals surface area contributed by atoms with E-state index in [2.05, 4.69) is 35.9 Å². The number of tetrazole rings is 1. The van der Waals surface area contributed by atoms with E-state index in [1.807, 2.05) is 45.0 Å². The number of fused-ring (bicyclic) bond motifs is 1. The number of hydrogen-bond acceptors (Lipinski definition) is 8. The summed E-state index contributed by atoms with van der Waals surface area (Å²) in [6, 6.07) is 3.82. The van der Waals surface area contributed by atoms with Gasteiger partial charge < -0.3 is 9.64 Å². The van der Waals surface area contributed by atoms with Gasteiger partial charge in [0, 0.05) is 6.54 Å². The predicted molar refractivity (Wildman–Crippen MR) is 95.2 cm³/mol. The molecule has 0 atom stereocenters. The molecule has 2 aromatic heterocycles. The van der Waals surface area contributed by atoms with Gasteiger partial charge in [0.05, 0.1) is 11.0 Å². The predicted octanol–water partition coefficient (Wildman–Crippen LogP) is 0.952. The number of aromatic nitrogens is 6. The average molecular weight is 356 g/mol. The van der Waals surface area contributed by atoms with Crippen molar-refractivity contribution in [3.63, 3.8) is 0 Å². The highest BCUT2D eigenvalue weighted by Crippen LogP contribution is 2.22. The Morgan fingerprint density at radius 2 is 1.88 bits per heavy atom. The molecule has 0 fully saturated rings. The van der Waals surface area contributed by atoms with E-state index in [-0.39, 0.29) is 17.5 Å². The highest BCUT2D eigenvalue weighted by atomic mass is 16.5. The van der Waals surface area contributed by atoms with Gasteiger partial charge in [0.2, 0.25) is 5.88 Å². The second kappa shape index (κ2) is 7.40. The van der Waals surface area contributed by atoms with Crippen LogP contribution in [0.5, 0.6) is 5.88 Å². The lowest BCUT2D eigenvalue weighted by Gasteiger charge is -2.13. The van der Waals surface area contributed by atoms with Crippen LogP contribution in [0, 0.1) is 13.8 Å². The summed E-state index contributed by atoms with van der Waals surface area (Å²) in [5, 5.41) is 15.6. The van der Waals surface area contributed by atoms with Crippen LogP contribution in [0.15, 0.2) is 12.1 Å². The molecule has 0 radical (unpaired) electrons. The van der Waals surface area contributed by atoms with Gasteiger partial charge in [-0.15, -0.1) is 5.10 Å². The molecule has 0 unspecified atom stereocenters. The van der Waals surface area contributed by atoms with Crippen LogP contribution >= 0.6 is 0 Å². The second-order valence-corrected chi connectivity index (χ2v) is 6.14. The Balaban J connectivity index is 1.98. The van der Waals surface area contributed by atoms with Crippen LogP contribution in [0.3, 0.4) is 0 Å². The Morgan fingerprint density at radius 3 is 2.50 bits per heavy atom. The number of nitrogens with zero attached hydrogens (tertiary/aromatic N) is 6. The number of H-pyrrole nitrogens is 1. The number of carbonyl (C=O) groups is 1. The Labute approximate surface area is 150 Å². The van der Waals surface area contributed by atoms with E-state index in [0.29, 0.717) is 24.2 Å². The molecule has 10 heteroatoms. The van der Waals surface area contributed by atoms with Crippen molar-refractivity contribution in [2.45, 2.75) is 13.8 Å². The molecule has 0 bridgehead atoms. The first-order valence-corrected chi connectivity index (χ1v) is 8.05. The minimum absolute atomic E-state index is 0.0521. The van der Waals surface area contributed by atoms with E-state index in [0.717, 1.165) is 11.1 Å². The number of hydrogen-bond donors (Lipinski definition) is 2. The van der Waals surface area contributed by atoms with E-state index < -0.39 is 5.91 Å². The fourth-order valence-corrected chi connectivity index (χ4v) is 2.24. The third-order valence-electron chi connectivity index (χ3n) is 3.81. The molecule has 0 saturated carbocycles. The molecule has 3 rings (SSSR count). The SMILES string of the molecule is Cc1cc2nc(OCCN(C)C)c(C(=O)Nc3nn[nH]n3)nc2cc1C. The van der Waals surface area contributed by atoms with Gasteiger partial charge in [-0.1, -0.05) is 5.10 Å². The maximum Gasteiger partial charge on any atom is 0.282 e. The van der Waals surface area contributed by atoms with E-state index in [1.165, 1.54) is 0 Å². The second-order valence-electron chi connectivity index (χ2n) is 6.14. The van der Waals surface area contributed by atoms with Crippen LogP contribution in [0.2, 0.25) is 0 Å². The van der Waals surface area contributed by atoms with Crippen molar-refractivity contribution in [3.8, 4) is 5.88 Å². The molecule has 2 N–H and O–H groups in total. The van der Waals surface area contributed by atoms with Crippen LogP contribution in [0.25, 0.3) is 11.0 Å². The summed E-state index contributed by atoms with van der Waals surface area (Å²) in [4.78, 5) is 23.5. The van der Waals surface area contributed by atoms with Crippen molar-refractivity contribution >= 4 is 22.9 Å². The normalized spacial score (nSPS) is 11.1. The molecule has 1 amide bonds. The highest BCUT2D eigenvalue weighted by molar-refractivity contribution is 6.04. The number of nitrogens with one attached hydrogen (secondary N) is 2. The maximum atomic E-state index is 12.6. The molecule has 1 aromatic carbocycles. The number of benzene rings is 1. The molecule has 0 saturated heterocycles. The van der Waals surface area contributed by atoms with Gasteiger partial charge >= 0.3 is 0 Å². The zero-order valence-corrected chi connectivity index (χ0v) is 15.1. The molecule has 3 aromatic rings. The molecule has 26 heavy (non-hydrogen) atoms. The van der Waals surface area contributed by atoms with E-state index >= 15 is 0 Å². The highest BCUT2D eigenvalue weighted by Gasteiger charge is 2.20. The molecule has 0 aliphatic carbocycles. The lowest BCUT2D eigenvalue weighted by Crippen LogP contribution is -2.22. The maximum absolute atomic E-state index is 12.6. The van der Waals surface area contributed by atoms with Gasteiger partial charge in [0.1, 0.15) is 6.61 Å². The van der Waals surface area contributed by atoms with Crippen molar-refractivity contribution in [1.82, 2.24) is 35.5 Å². The summed E-state index contributed by atoms with van der Waals surface area (Å²) >= 11 is 0. The Kier molecular flexibility index (Phi) is 5.03. The van der Waals surface area contributed by atoms with Crippen molar-refractivity contribution in [1.29, 1.82) is 0 Å². The molecular weight excluding hydrogens is 336 g/mol. The number of aromatic amines is 1. The zero-order chi connectivity index (χ0) is 18.7. The molecule has 0 spiro atoms. The number of anilines is 1. The third kappa shape index (κ3) is 3.91. The first-order valence-electron chi connectivity index (χ1n) is 8.05. The molecule has 0 aliphatic heterocycles. The smallest absolute Gasteiger partial charge is 0.282 e. The Hall–Kier alpha value is -3.14. The summed E-state index contributed by atoms with van der Waals surface area (Å²) in [7, 11) is 3.87. The quantitative estimate of drug-likeness (QED) is 0.669. The van der Waals surface area contributed by atoms with E-state index in [4.69, 9.17) is 4.74 Å². The van der Waals surface area contributed by atoms with Crippen LogP contribution < -0.4 is 10.1 Å². The van der Waals surface area contributed by atoms with Crippen LogP contribution in [-0.4, -0.2) is 68.6 Å². The molecule has 0 aliphatic rings. The molecule has 10 nitrogen and oxygen atoms in total. The van der Waals surface area contributed by atoms with Gasteiger partial charge in [-0.25, -0.2) is 9.97 Å². The largest absolute Gasteiger partial charge is 0.475 e. The summed E-state index contributed by atoms with van der Waals surface area (Å²) in [6.07, 6.45) is 0. The van der Waals surface area contributed by atoms with Crippen LogP contribution in [0.1, 0.15) is 21.6 Å². The standard InChI is InChI=1S/C16H20N8O2/c1-9-7-11-12(8-10(9)2)18-15(26-6-5-24(3)4)13(17-11)14(25)19-16-20-22-23-21-16/h7-8H,5-6H2,1-4H3,(H2,19,20,21,22,23,25). The number of rotatable bonds is 6. The van der Waals surface area contributed by atoms with Crippen LogP contribution in [-0.2, 0) is 0 Å². The van der Waals surface area contributed by atoms with E-state index in [1.54, 1.807) is 0 Å². The van der Waals surface area contributed by atoms with Crippen molar-refractivity contribution in [2.24, 2.45) is 0 Å². The molecule has 2 heterocycles. The minimum Gasteiger partial charge on any atom is -0.475 e. The van der Waals surface area contributed by atoms with Gasteiger partial charge in [0.15, 0.2) is 5.69 Å². The fourth-order valence-electron chi connectivity index (χ4n) is 2.24. The third-order valence-corrected chi connectivity index (χ3v) is 3.81. The molecule has 136 valence electrons. The number of aryl methyl sites for hydroxylation is 2. The summed E-state index contributed by atoms with van der Waals surface area (Å²) in [5.41, 5.74) is 3.52. The van der Waals surface area contributed by atoms with Crippen molar-refractivity contribution in [3.05, 3.63) is 29.0 Å². The lowest BCUT2D eigenvalue weighted by molar-refractivity contribution is 0.101. The number of likely N-dealkylation sites (N-methyl/N-ethyl adjacent to an activating group) is 1. The number of ether oxygens (including phenoxy) is 1. The number of amides is 1. The van der Waals surface area contributed by atoms with Gasteiger partial charge in [0.25, 0.3) is 11.9 Å². The molecular formula is C16H20N8O2. The van der Waals surface area contributed by atoms with Crippen molar-refractivity contribution in [2.75, 3.05) is 32.6 Å².